The lowest BCUT2D eigenvalue weighted by Crippen LogP contribution is -2.30. The van der Waals surface area contributed by atoms with E-state index in [4.69, 9.17) is 14.2 Å². The number of rotatable bonds is 53. The summed E-state index contributed by atoms with van der Waals surface area (Å²) in [6.07, 6.45) is 83.4. The summed E-state index contributed by atoms with van der Waals surface area (Å²) in [5.74, 6) is -1.00. The van der Waals surface area contributed by atoms with Crippen molar-refractivity contribution in [1.82, 2.24) is 0 Å². The molecule has 0 N–H and O–H groups in total. The van der Waals surface area contributed by atoms with Crippen LogP contribution in [0, 0.1) is 0 Å². The van der Waals surface area contributed by atoms with Crippen LogP contribution < -0.4 is 0 Å². The van der Waals surface area contributed by atoms with Gasteiger partial charge in [-0.25, -0.2) is 0 Å². The van der Waals surface area contributed by atoms with E-state index >= 15 is 0 Å². The minimum Gasteiger partial charge on any atom is -0.462 e. The molecule has 0 radical (unpaired) electrons. The van der Waals surface area contributed by atoms with Crippen LogP contribution in [0.4, 0.5) is 0 Å². The zero-order valence-corrected chi connectivity index (χ0v) is 47.4. The number of unbranched alkanes of at least 4 members (excludes halogenated alkanes) is 22. The fraction of sp³-hybridized carbons (Fsp3) is 0.657. The third-order valence-corrected chi connectivity index (χ3v) is 12.4. The van der Waals surface area contributed by atoms with Gasteiger partial charge in [-0.3, -0.25) is 14.4 Å². The molecule has 0 rings (SSSR count). The van der Waals surface area contributed by atoms with Crippen molar-refractivity contribution in [2.45, 2.75) is 271 Å². The van der Waals surface area contributed by atoms with Gasteiger partial charge in [0.05, 0.1) is 0 Å². The zero-order valence-electron chi connectivity index (χ0n) is 47.4. The van der Waals surface area contributed by atoms with Crippen molar-refractivity contribution in [2.75, 3.05) is 13.2 Å². The van der Waals surface area contributed by atoms with Crippen molar-refractivity contribution >= 4 is 17.9 Å². The van der Waals surface area contributed by atoms with Crippen LogP contribution in [0.25, 0.3) is 0 Å². The Bertz CT molecular complexity index is 1540. The third-order valence-electron chi connectivity index (χ3n) is 12.4. The lowest BCUT2D eigenvalue weighted by atomic mass is 10.1. The Morgan fingerprint density at radius 3 is 0.932 bits per heavy atom. The van der Waals surface area contributed by atoms with Crippen molar-refractivity contribution in [3.05, 3.63) is 122 Å². The van der Waals surface area contributed by atoms with Gasteiger partial charge in [-0.05, 0) is 128 Å². The van der Waals surface area contributed by atoms with Crippen LogP contribution in [0.15, 0.2) is 122 Å². The molecular formula is C67H110O6. The van der Waals surface area contributed by atoms with Gasteiger partial charge in [0, 0.05) is 19.3 Å². The van der Waals surface area contributed by atoms with Crippen molar-refractivity contribution in [3.8, 4) is 0 Å². The Balaban J connectivity index is 4.54. The molecule has 0 saturated heterocycles. The van der Waals surface area contributed by atoms with E-state index in [9.17, 15) is 14.4 Å². The van der Waals surface area contributed by atoms with Gasteiger partial charge in [0.25, 0.3) is 0 Å². The Morgan fingerprint density at radius 2 is 0.548 bits per heavy atom. The Labute approximate surface area is 450 Å². The van der Waals surface area contributed by atoms with E-state index in [-0.39, 0.29) is 44.0 Å². The van der Waals surface area contributed by atoms with Crippen LogP contribution in [0.5, 0.6) is 0 Å². The molecule has 6 heteroatoms. The average Bonchev–Trinajstić information content (AvgIpc) is 3.39. The molecular weight excluding hydrogens is 901 g/mol. The molecule has 73 heavy (non-hydrogen) atoms. The first-order valence-electron chi connectivity index (χ1n) is 30.0. The summed E-state index contributed by atoms with van der Waals surface area (Å²) in [7, 11) is 0. The molecule has 0 aromatic carbocycles. The molecule has 6 nitrogen and oxygen atoms in total. The fourth-order valence-electron chi connectivity index (χ4n) is 7.93. The van der Waals surface area contributed by atoms with E-state index in [1.807, 2.05) is 0 Å². The summed E-state index contributed by atoms with van der Waals surface area (Å²) in [6.45, 7) is 6.42. The lowest BCUT2D eigenvalue weighted by Gasteiger charge is -2.18. The maximum Gasteiger partial charge on any atom is 0.306 e. The minimum absolute atomic E-state index is 0.112. The van der Waals surface area contributed by atoms with Crippen LogP contribution >= 0.6 is 0 Å². The second kappa shape index (κ2) is 60.4. The summed E-state index contributed by atoms with van der Waals surface area (Å²) in [5, 5.41) is 0. The maximum absolute atomic E-state index is 12.9. The molecule has 0 saturated carbocycles. The molecule has 1 atom stereocenters. The summed E-state index contributed by atoms with van der Waals surface area (Å²) >= 11 is 0. The van der Waals surface area contributed by atoms with E-state index in [0.29, 0.717) is 19.3 Å². The highest BCUT2D eigenvalue weighted by Crippen LogP contribution is 2.14. The summed E-state index contributed by atoms with van der Waals surface area (Å²) in [4.78, 5) is 38.2. The minimum atomic E-state index is -0.822. The second-order valence-electron chi connectivity index (χ2n) is 19.5. The van der Waals surface area contributed by atoms with Crippen molar-refractivity contribution in [1.29, 1.82) is 0 Å². The number of allylic oxidation sites excluding steroid dienone is 20. The van der Waals surface area contributed by atoms with Crippen LogP contribution in [-0.4, -0.2) is 37.2 Å². The standard InChI is InChI=1S/C67H110O6/c1-4-7-10-13-16-19-22-25-28-31-33-36-39-42-45-48-51-54-57-60-66(69)72-63-64(62-71-65(68)59-56-53-50-47-44-41-38-35-30-27-24-21-18-15-12-9-6-3)73-67(70)61-58-55-52-49-46-43-40-37-34-32-29-26-23-20-17-14-11-8-5-2/h8,11,16-17,19-20,25-30,34,37-38,41,43,46-47,50,64H,4-7,9-10,12-15,18,21-24,31-33,35-36,39-40,42,44-45,48-49,51-63H2,1-3H3/b11-8-,19-16-,20-17-,28-25-,29-26-,30-27-,37-34-,41-38-,46-43-,50-47-/t64-/m0/s1. The molecule has 0 amide bonds. The van der Waals surface area contributed by atoms with Crippen molar-refractivity contribution in [3.63, 3.8) is 0 Å². The van der Waals surface area contributed by atoms with Crippen LogP contribution in [0.3, 0.4) is 0 Å². The molecule has 0 aliphatic carbocycles. The first-order chi connectivity index (χ1) is 36.0. The van der Waals surface area contributed by atoms with Crippen LogP contribution in [0.2, 0.25) is 0 Å². The molecule has 0 aliphatic heterocycles. The van der Waals surface area contributed by atoms with Crippen molar-refractivity contribution in [2.24, 2.45) is 0 Å². The van der Waals surface area contributed by atoms with Gasteiger partial charge in [0.1, 0.15) is 13.2 Å². The van der Waals surface area contributed by atoms with Gasteiger partial charge in [-0.15, -0.1) is 0 Å². The number of esters is 3. The van der Waals surface area contributed by atoms with E-state index in [1.54, 1.807) is 0 Å². The fourth-order valence-corrected chi connectivity index (χ4v) is 7.93. The SMILES string of the molecule is CC/C=C\C/C=C\C/C=C\C/C=C\C/C=C\CCCCCC(=O)O[C@@H](COC(=O)CCC/C=C\C/C=C\C/C=C\CCCCCCCC)COC(=O)CCCCCCCCCCC/C=C\C/C=C\CCCCC. The first-order valence-corrected chi connectivity index (χ1v) is 30.0. The number of carbonyl (C=O) groups excluding carboxylic acids is 3. The van der Waals surface area contributed by atoms with Crippen LogP contribution in [-0.2, 0) is 28.6 Å². The molecule has 414 valence electrons. The van der Waals surface area contributed by atoms with Gasteiger partial charge >= 0.3 is 17.9 Å². The summed E-state index contributed by atoms with van der Waals surface area (Å²) in [5.41, 5.74) is 0. The Kier molecular flexibility index (Phi) is 56.9. The van der Waals surface area contributed by atoms with E-state index < -0.39 is 6.10 Å². The number of carbonyl (C=O) groups is 3. The van der Waals surface area contributed by atoms with Gasteiger partial charge < -0.3 is 14.2 Å². The van der Waals surface area contributed by atoms with Gasteiger partial charge in [0.2, 0.25) is 0 Å². The van der Waals surface area contributed by atoms with Gasteiger partial charge in [-0.1, -0.05) is 239 Å². The molecule has 0 heterocycles. The van der Waals surface area contributed by atoms with Gasteiger partial charge in [-0.2, -0.15) is 0 Å². The molecule has 0 aliphatic rings. The Hall–Kier alpha value is -4.19. The highest BCUT2D eigenvalue weighted by Gasteiger charge is 2.19. The predicted octanol–water partition coefficient (Wildman–Crippen LogP) is 20.4. The smallest absolute Gasteiger partial charge is 0.306 e. The first kappa shape index (κ1) is 68.8. The van der Waals surface area contributed by atoms with Crippen LogP contribution in [0.1, 0.15) is 265 Å². The predicted molar refractivity (Wildman–Crippen MR) is 316 cm³/mol. The normalized spacial score (nSPS) is 13.0. The monoisotopic (exact) mass is 1010 g/mol. The molecule has 0 aromatic rings. The maximum atomic E-state index is 12.9. The summed E-state index contributed by atoms with van der Waals surface area (Å²) < 4.78 is 16.8. The number of hydrogen-bond acceptors (Lipinski definition) is 6. The lowest BCUT2D eigenvalue weighted by molar-refractivity contribution is -0.167. The molecule has 0 fully saturated rings. The number of ether oxygens (including phenoxy) is 3. The topological polar surface area (TPSA) is 78.9 Å². The third kappa shape index (κ3) is 58.6. The summed E-state index contributed by atoms with van der Waals surface area (Å²) in [6, 6.07) is 0. The van der Waals surface area contributed by atoms with Gasteiger partial charge in [0.15, 0.2) is 6.10 Å². The van der Waals surface area contributed by atoms with Crippen molar-refractivity contribution < 1.29 is 28.6 Å². The quantitative estimate of drug-likeness (QED) is 0.0261. The molecule has 0 unspecified atom stereocenters. The molecule has 0 bridgehead atoms. The second-order valence-corrected chi connectivity index (χ2v) is 19.5. The highest BCUT2D eigenvalue weighted by atomic mass is 16.6. The van der Waals surface area contributed by atoms with E-state index in [0.717, 1.165) is 96.3 Å². The molecule has 0 spiro atoms. The molecule has 0 aromatic heterocycles. The largest absolute Gasteiger partial charge is 0.462 e. The van der Waals surface area contributed by atoms with E-state index in [1.165, 1.54) is 116 Å². The average molecular weight is 1010 g/mol. The zero-order chi connectivity index (χ0) is 52.9. The Morgan fingerprint density at radius 1 is 0.288 bits per heavy atom. The van der Waals surface area contributed by atoms with E-state index in [2.05, 4.69) is 142 Å². The number of hydrogen-bond donors (Lipinski definition) is 0. The highest BCUT2D eigenvalue weighted by molar-refractivity contribution is 5.71.